The van der Waals surface area contributed by atoms with Crippen molar-refractivity contribution in [2.24, 2.45) is 5.92 Å². The molecule has 6 heteroatoms. The number of rotatable bonds is 5. The van der Waals surface area contributed by atoms with Crippen LogP contribution in [0.3, 0.4) is 0 Å². The van der Waals surface area contributed by atoms with Crippen LogP contribution in [0, 0.1) is 5.92 Å². The van der Waals surface area contributed by atoms with Crippen LogP contribution in [-0.4, -0.2) is 38.1 Å². The normalized spacial score (nSPS) is 19.8. The highest BCUT2D eigenvalue weighted by atomic mass is 16.6. The summed E-state index contributed by atoms with van der Waals surface area (Å²) in [6.45, 7) is 4.21. The maximum atomic E-state index is 12.3. The molecular formula is C17H22N2O4. The standard InChI is InChI=1S/C17H22N2O4/c1-2-3-6-18-17(21)12-9-16(20)19(11-12)13-4-5-14-15(10-13)23-8-7-22-14/h4-5,10,12H,2-3,6-9,11H2,1H3,(H,18,21). The lowest BCUT2D eigenvalue weighted by molar-refractivity contribution is -0.126. The number of fused-ring (bicyclic) bond motifs is 1. The molecule has 124 valence electrons. The highest BCUT2D eigenvalue weighted by molar-refractivity contribution is 6.00. The second kappa shape index (κ2) is 6.89. The Morgan fingerprint density at radius 2 is 2.09 bits per heavy atom. The number of unbranched alkanes of at least 4 members (excludes halogenated alkanes) is 1. The summed E-state index contributed by atoms with van der Waals surface area (Å²) in [5, 5.41) is 2.91. The quantitative estimate of drug-likeness (QED) is 0.840. The lowest BCUT2D eigenvalue weighted by Gasteiger charge is -2.22. The maximum absolute atomic E-state index is 12.3. The molecule has 0 aliphatic carbocycles. The van der Waals surface area contributed by atoms with Crippen molar-refractivity contribution in [2.45, 2.75) is 26.2 Å². The molecule has 0 spiro atoms. The minimum absolute atomic E-state index is 0.0303. The van der Waals surface area contributed by atoms with E-state index in [0.717, 1.165) is 18.5 Å². The van der Waals surface area contributed by atoms with Gasteiger partial charge >= 0.3 is 0 Å². The number of hydrogen-bond donors (Lipinski definition) is 1. The molecule has 23 heavy (non-hydrogen) atoms. The van der Waals surface area contributed by atoms with E-state index in [1.165, 1.54) is 0 Å². The first kappa shape index (κ1) is 15.6. The predicted molar refractivity (Wildman–Crippen MR) is 85.8 cm³/mol. The molecule has 3 rings (SSSR count). The van der Waals surface area contributed by atoms with Crippen LogP contribution < -0.4 is 19.7 Å². The van der Waals surface area contributed by atoms with Gasteiger partial charge < -0.3 is 19.7 Å². The first-order chi connectivity index (χ1) is 11.2. The highest BCUT2D eigenvalue weighted by Crippen LogP contribution is 2.35. The fourth-order valence-electron chi connectivity index (χ4n) is 2.87. The molecule has 2 aliphatic heterocycles. The third kappa shape index (κ3) is 3.41. The van der Waals surface area contributed by atoms with Crippen molar-refractivity contribution in [3.8, 4) is 11.5 Å². The molecule has 1 saturated heterocycles. The molecule has 0 aromatic heterocycles. The van der Waals surface area contributed by atoms with Gasteiger partial charge in [0, 0.05) is 31.3 Å². The maximum Gasteiger partial charge on any atom is 0.227 e. The summed E-state index contributed by atoms with van der Waals surface area (Å²) >= 11 is 0. The Bertz CT molecular complexity index is 602. The van der Waals surface area contributed by atoms with Crippen LogP contribution in [-0.2, 0) is 9.59 Å². The molecule has 6 nitrogen and oxygen atoms in total. The molecule has 1 aromatic rings. The number of carbonyl (C=O) groups excluding carboxylic acids is 2. The average molecular weight is 318 g/mol. The minimum atomic E-state index is -0.285. The van der Waals surface area contributed by atoms with Gasteiger partial charge in [0.1, 0.15) is 13.2 Å². The van der Waals surface area contributed by atoms with Crippen molar-refractivity contribution in [1.82, 2.24) is 5.32 Å². The van der Waals surface area contributed by atoms with Crippen LogP contribution in [0.5, 0.6) is 11.5 Å². The molecule has 2 amide bonds. The van der Waals surface area contributed by atoms with E-state index in [-0.39, 0.29) is 24.2 Å². The van der Waals surface area contributed by atoms with Crippen LogP contribution in [0.15, 0.2) is 18.2 Å². The van der Waals surface area contributed by atoms with E-state index < -0.39 is 0 Å². The molecular weight excluding hydrogens is 296 g/mol. The van der Waals surface area contributed by atoms with Crippen LogP contribution in [0.1, 0.15) is 26.2 Å². The molecule has 1 fully saturated rings. The molecule has 0 radical (unpaired) electrons. The largest absolute Gasteiger partial charge is 0.486 e. The van der Waals surface area contributed by atoms with Gasteiger partial charge in [0.25, 0.3) is 0 Å². The Labute approximate surface area is 135 Å². The Balaban J connectivity index is 1.67. The number of ether oxygens (including phenoxy) is 2. The number of hydrogen-bond acceptors (Lipinski definition) is 4. The third-order valence-corrected chi connectivity index (χ3v) is 4.16. The number of anilines is 1. The van der Waals surface area contributed by atoms with Crippen LogP contribution in [0.25, 0.3) is 0 Å². The van der Waals surface area contributed by atoms with Gasteiger partial charge in [-0.2, -0.15) is 0 Å². The van der Waals surface area contributed by atoms with Gasteiger partial charge in [-0.05, 0) is 18.6 Å². The predicted octanol–water partition coefficient (Wildman–Crippen LogP) is 1.73. The van der Waals surface area contributed by atoms with Gasteiger partial charge in [0.05, 0.1) is 5.92 Å². The first-order valence-electron chi connectivity index (χ1n) is 8.16. The monoisotopic (exact) mass is 318 g/mol. The number of amides is 2. The summed E-state index contributed by atoms with van der Waals surface area (Å²) in [6, 6.07) is 5.46. The number of nitrogens with zero attached hydrogens (tertiary/aromatic N) is 1. The summed E-state index contributed by atoms with van der Waals surface area (Å²) in [5.41, 5.74) is 0.753. The molecule has 1 aromatic carbocycles. The number of nitrogens with one attached hydrogen (secondary N) is 1. The van der Waals surface area contributed by atoms with Crippen molar-refractivity contribution >= 4 is 17.5 Å². The van der Waals surface area contributed by atoms with Crippen molar-refractivity contribution in [2.75, 3.05) is 31.2 Å². The van der Waals surface area contributed by atoms with Gasteiger partial charge in [-0.15, -0.1) is 0 Å². The van der Waals surface area contributed by atoms with Gasteiger partial charge in [-0.1, -0.05) is 13.3 Å². The molecule has 0 saturated carbocycles. The van der Waals surface area contributed by atoms with Crippen molar-refractivity contribution < 1.29 is 19.1 Å². The number of benzene rings is 1. The molecule has 1 atom stereocenters. The number of carbonyl (C=O) groups is 2. The highest BCUT2D eigenvalue weighted by Gasteiger charge is 2.35. The molecule has 1 unspecified atom stereocenters. The van der Waals surface area contributed by atoms with Crippen molar-refractivity contribution in [3.05, 3.63) is 18.2 Å². The van der Waals surface area contributed by atoms with Crippen LogP contribution in [0.2, 0.25) is 0 Å². The molecule has 0 bridgehead atoms. The van der Waals surface area contributed by atoms with E-state index in [1.807, 2.05) is 18.2 Å². The van der Waals surface area contributed by atoms with E-state index in [0.29, 0.717) is 37.8 Å². The topological polar surface area (TPSA) is 67.9 Å². The van der Waals surface area contributed by atoms with E-state index in [9.17, 15) is 9.59 Å². The molecule has 2 heterocycles. The van der Waals surface area contributed by atoms with Gasteiger partial charge in [-0.25, -0.2) is 0 Å². The summed E-state index contributed by atoms with van der Waals surface area (Å²) < 4.78 is 11.0. The molecule has 2 aliphatic rings. The lowest BCUT2D eigenvalue weighted by Crippen LogP contribution is -2.33. The first-order valence-corrected chi connectivity index (χ1v) is 8.16. The SMILES string of the molecule is CCCCNC(=O)C1CC(=O)N(c2ccc3c(c2)OCCO3)C1. The fraction of sp³-hybridized carbons (Fsp3) is 0.529. The zero-order chi connectivity index (χ0) is 16.2. The summed E-state index contributed by atoms with van der Waals surface area (Å²) in [6.07, 6.45) is 2.25. The van der Waals surface area contributed by atoms with E-state index in [2.05, 4.69) is 12.2 Å². The van der Waals surface area contributed by atoms with E-state index in [4.69, 9.17) is 9.47 Å². The van der Waals surface area contributed by atoms with Crippen LogP contribution in [0.4, 0.5) is 5.69 Å². The van der Waals surface area contributed by atoms with E-state index >= 15 is 0 Å². The second-order valence-corrected chi connectivity index (χ2v) is 5.88. The Morgan fingerprint density at radius 1 is 1.30 bits per heavy atom. The Kier molecular flexibility index (Phi) is 4.69. The fourth-order valence-corrected chi connectivity index (χ4v) is 2.87. The van der Waals surface area contributed by atoms with Crippen molar-refractivity contribution in [1.29, 1.82) is 0 Å². The van der Waals surface area contributed by atoms with Crippen molar-refractivity contribution in [3.63, 3.8) is 0 Å². The third-order valence-electron chi connectivity index (χ3n) is 4.16. The Morgan fingerprint density at radius 3 is 2.87 bits per heavy atom. The van der Waals surface area contributed by atoms with Gasteiger partial charge in [0.15, 0.2) is 11.5 Å². The Hall–Kier alpha value is -2.24. The molecule has 1 N–H and O–H groups in total. The van der Waals surface area contributed by atoms with E-state index in [1.54, 1.807) is 4.90 Å². The zero-order valence-corrected chi connectivity index (χ0v) is 13.3. The van der Waals surface area contributed by atoms with Gasteiger partial charge in [-0.3, -0.25) is 9.59 Å². The second-order valence-electron chi connectivity index (χ2n) is 5.88. The summed E-state index contributed by atoms with van der Waals surface area (Å²) in [4.78, 5) is 26.1. The van der Waals surface area contributed by atoms with Gasteiger partial charge in [0.2, 0.25) is 11.8 Å². The lowest BCUT2D eigenvalue weighted by atomic mass is 10.1. The average Bonchev–Trinajstić information content (AvgIpc) is 2.96. The summed E-state index contributed by atoms with van der Waals surface area (Å²) in [5.74, 6) is 0.995. The van der Waals surface area contributed by atoms with Crippen LogP contribution >= 0.6 is 0 Å². The smallest absolute Gasteiger partial charge is 0.227 e. The summed E-state index contributed by atoms with van der Waals surface area (Å²) in [7, 11) is 0. The minimum Gasteiger partial charge on any atom is -0.486 e. The zero-order valence-electron chi connectivity index (χ0n) is 13.3.